The van der Waals surface area contributed by atoms with E-state index in [1.54, 1.807) is 13.0 Å². The molecule has 1 atom stereocenters. The number of hydrogen-bond acceptors (Lipinski definition) is 5. The molecule has 0 saturated carbocycles. The van der Waals surface area contributed by atoms with E-state index in [4.69, 9.17) is 14.2 Å². The smallest absolute Gasteiger partial charge is 0.330 e. The maximum atomic E-state index is 11.8. The van der Waals surface area contributed by atoms with Crippen molar-refractivity contribution in [2.24, 2.45) is 0 Å². The second kappa shape index (κ2) is 7.49. The molecule has 1 heterocycles. The summed E-state index contributed by atoms with van der Waals surface area (Å²) in [5, 5.41) is 2.76. The fourth-order valence-corrected chi connectivity index (χ4v) is 2.02. The van der Waals surface area contributed by atoms with Crippen molar-refractivity contribution < 1.29 is 23.8 Å². The first-order chi connectivity index (χ1) is 10.6. The van der Waals surface area contributed by atoms with Gasteiger partial charge in [-0.25, -0.2) is 4.79 Å². The minimum atomic E-state index is -0.537. The highest BCUT2D eigenvalue weighted by Crippen LogP contribution is 2.32. The summed E-state index contributed by atoms with van der Waals surface area (Å²) >= 11 is 0. The summed E-state index contributed by atoms with van der Waals surface area (Å²) in [6.45, 7) is 4.29. The molecule has 1 aromatic rings. The summed E-state index contributed by atoms with van der Waals surface area (Å²) in [6, 6.07) is 5.29. The summed E-state index contributed by atoms with van der Waals surface area (Å²) in [7, 11) is 0. The number of amides is 1. The van der Waals surface area contributed by atoms with Crippen LogP contribution in [0.15, 0.2) is 30.4 Å². The van der Waals surface area contributed by atoms with Crippen molar-refractivity contribution in [1.29, 1.82) is 0 Å². The van der Waals surface area contributed by atoms with Gasteiger partial charge in [0.2, 0.25) is 0 Å². The maximum absolute atomic E-state index is 11.8. The molecular formula is C16H19NO5. The second-order valence-electron chi connectivity index (χ2n) is 4.80. The lowest BCUT2D eigenvalue weighted by molar-refractivity contribution is -0.144. The zero-order valence-electron chi connectivity index (χ0n) is 12.6. The van der Waals surface area contributed by atoms with Gasteiger partial charge in [-0.3, -0.25) is 4.79 Å². The van der Waals surface area contributed by atoms with E-state index in [1.165, 1.54) is 6.08 Å². The van der Waals surface area contributed by atoms with E-state index >= 15 is 0 Å². The highest BCUT2D eigenvalue weighted by molar-refractivity contribution is 5.85. The van der Waals surface area contributed by atoms with Crippen LogP contribution in [0.4, 0.5) is 0 Å². The zero-order valence-corrected chi connectivity index (χ0v) is 12.6. The largest absolute Gasteiger partial charge is 0.486 e. The fourth-order valence-electron chi connectivity index (χ4n) is 2.02. The van der Waals surface area contributed by atoms with Gasteiger partial charge in [0, 0.05) is 6.08 Å². The Morgan fingerprint density at radius 2 is 2.05 bits per heavy atom. The first kappa shape index (κ1) is 15.9. The van der Waals surface area contributed by atoms with E-state index in [2.05, 4.69) is 5.32 Å². The van der Waals surface area contributed by atoms with Gasteiger partial charge in [-0.1, -0.05) is 12.1 Å². The molecule has 1 aliphatic heterocycles. The minimum absolute atomic E-state index is 0.233. The van der Waals surface area contributed by atoms with Crippen LogP contribution in [-0.4, -0.2) is 31.7 Å². The number of carbonyl (C=O) groups is 2. The van der Waals surface area contributed by atoms with Gasteiger partial charge >= 0.3 is 5.97 Å². The Morgan fingerprint density at radius 3 is 2.77 bits per heavy atom. The lowest BCUT2D eigenvalue weighted by Crippen LogP contribution is -2.31. The molecule has 0 bridgehead atoms. The van der Waals surface area contributed by atoms with E-state index in [0.29, 0.717) is 24.7 Å². The first-order valence-corrected chi connectivity index (χ1v) is 7.08. The average molecular weight is 305 g/mol. The molecule has 0 aliphatic carbocycles. The molecule has 6 nitrogen and oxygen atoms in total. The van der Waals surface area contributed by atoms with E-state index in [9.17, 15) is 9.59 Å². The van der Waals surface area contributed by atoms with Crippen LogP contribution >= 0.6 is 0 Å². The number of carbonyl (C=O) groups excluding carboxylic acids is 2. The van der Waals surface area contributed by atoms with Gasteiger partial charge in [0.15, 0.2) is 18.1 Å². The van der Waals surface area contributed by atoms with Crippen molar-refractivity contribution in [2.75, 3.05) is 19.8 Å². The highest BCUT2D eigenvalue weighted by atomic mass is 16.6. The SMILES string of the molecule is C/C=C/C(=O)OCC(=O)N[C@H](C)c1ccc2c(c1)OCCO2. The van der Waals surface area contributed by atoms with Crippen molar-refractivity contribution in [2.45, 2.75) is 19.9 Å². The highest BCUT2D eigenvalue weighted by Gasteiger charge is 2.16. The van der Waals surface area contributed by atoms with Crippen LogP contribution in [0.2, 0.25) is 0 Å². The monoisotopic (exact) mass is 305 g/mol. The van der Waals surface area contributed by atoms with Crippen LogP contribution in [-0.2, 0) is 14.3 Å². The zero-order chi connectivity index (χ0) is 15.9. The number of benzene rings is 1. The Hall–Kier alpha value is -2.50. The van der Waals surface area contributed by atoms with E-state index in [0.717, 1.165) is 5.56 Å². The molecule has 2 rings (SSSR count). The van der Waals surface area contributed by atoms with Gasteiger partial charge in [-0.15, -0.1) is 0 Å². The average Bonchev–Trinajstić information content (AvgIpc) is 2.52. The van der Waals surface area contributed by atoms with Crippen LogP contribution in [0, 0.1) is 0 Å². The van der Waals surface area contributed by atoms with Crippen LogP contribution in [0.1, 0.15) is 25.5 Å². The van der Waals surface area contributed by atoms with E-state index in [-0.39, 0.29) is 18.6 Å². The number of esters is 1. The van der Waals surface area contributed by atoms with Crippen LogP contribution in [0.3, 0.4) is 0 Å². The molecule has 1 aromatic carbocycles. The van der Waals surface area contributed by atoms with Crippen molar-refractivity contribution in [3.63, 3.8) is 0 Å². The summed E-state index contributed by atoms with van der Waals surface area (Å²) in [5.41, 5.74) is 0.886. The lowest BCUT2D eigenvalue weighted by Gasteiger charge is -2.21. The number of hydrogen-bond donors (Lipinski definition) is 1. The third-order valence-corrected chi connectivity index (χ3v) is 3.09. The molecular weight excluding hydrogens is 286 g/mol. The molecule has 22 heavy (non-hydrogen) atoms. The van der Waals surface area contributed by atoms with Crippen molar-refractivity contribution >= 4 is 11.9 Å². The van der Waals surface area contributed by atoms with Gasteiger partial charge in [-0.2, -0.15) is 0 Å². The Bertz CT molecular complexity index is 582. The number of allylic oxidation sites excluding steroid dienone is 1. The standard InChI is InChI=1S/C16H19NO5/c1-3-4-16(19)22-10-15(18)17-11(2)12-5-6-13-14(9-12)21-8-7-20-13/h3-6,9,11H,7-8,10H2,1-2H3,(H,17,18)/b4-3+/t11-/m1/s1. The van der Waals surface area contributed by atoms with E-state index in [1.807, 2.05) is 25.1 Å². The normalized spacial score (nSPS) is 14.5. The maximum Gasteiger partial charge on any atom is 0.330 e. The molecule has 1 amide bonds. The first-order valence-electron chi connectivity index (χ1n) is 7.08. The number of rotatable bonds is 5. The minimum Gasteiger partial charge on any atom is -0.486 e. The van der Waals surface area contributed by atoms with Gasteiger partial charge in [-0.05, 0) is 31.5 Å². The molecule has 6 heteroatoms. The number of ether oxygens (including phenoxy) is 3. The van der Waals surface area contributed by atoms with Crippen molar-refractivity contribution in [3.8, 4) is 11.5 Å². The Labute approximate surface area is 129 Å². The molecule has 0 spiro atoms. The Balaban J connectivity index is 1.90. The molecule has 1 N–H and O–H groups in total. The molecule has 0 aromatic heterocycles. The van der Waals surface area contributed by atoms with E-state index < -0.39 is 5.97 Å². The van der Waals surface area contributed by atoms with Crippen LogP contribution < -0.4 is 14.8 Å². The van der Waals surface area contributed by atoms with Crippen molar-refractivity contribution in [3.05, 3.63) is 35.9 Å². The quantitative estimate of drug-likeness (QED) is 0.663. The summed E-state index contributed by atoms with van der Waals surface area (Å²) in [4.78, 5) is 22.9. The molecule has 1 aliphatic rings. The second-order valence-corrected chi connectivity index (χ2v) is 4.80. The number of nitrogens with one attached hydrogen (secondary N) is 1. The molecule has 0 saturated heterocycles. The van der Waals surface area contributed by atoms with Crippen LogP contribution in [0.5, 0.6) is 11.5 Å². The molecule has 118 valence electrons. The predicted octanol–water partition coefficient (Wildman–Crippen LogP) is 1.75. The fraction of sp³-hybridized carbons (Fsp3) is 0.375. The lowest BCUT2D eigenvalue weighted by atomic mass is 10.1. The topological polar surface area (TPSA) is 73.9 Å². The van der Waals surface area contributed by atoms with Gasteiger partial charge in [0.05, 0.1) is 6.04 Å². The van der Waals surface area contributed by atoms with Gasteiger partial charge in [0.25, 0.3) is 5.91 Å². The Morgan fingerprint density at radius 1 is 1.32 bits per heavy atom. The van der Waals surface area contributed by atoms with Crippen molar-refractivity contribution in [1.82, 2.24) is 5.32 Å². The third kappa shape index (κ3) is 4.25. The summed E-state index contributed by atoms with van der Waals surface area (Å²) in [5.74, 6) is 0.475. The molecule has 0 radical (unpaired) electrons. The summed E-state index contributed by atoms with van der Waals surface area (Å²) in [6.07, 6.45) is 2.82. The van der Waals surface area contributed by atoms with Gasteiger partial charge < -0.3 is 19.5 Å². The molecule has 0 unspecified atom stereocenters. The predicted molar refractivity (Wildman–Crippen MR) is 79.8 cm³/mol. The van der Waals surface area contributed by atoms with Gasteiger partial charge in [0.1, 0.15) is 13.2 Å². The summed E-state index contributed by atoms with van der Waals surface area (Å²) < 4.78 is 15.8. The Kier molecular flexibility index (Phi) is 5.41. The third-order valence-electron chi connectivity index (χ3n) is 3.09. The van der Waals surface area contributed by atoms with Crippen LogP contribution in [0.25, 0.3) is 0 Å². The molecule has 0 fully saturated rings. The number of fused-ring (bicyclic) bond motifs is 1.